The molecule has 2 aromatic rings. The molecule has 2 aromatic carbocycles. The lowest BCUT2D eigenvalue weighted by molar-refractivity contribution is 0.0498. The number of esters is 1. The molecule has 0 amide bonds. The number of hydrogen-bond acceptors (Lipinski definition) is 3. The molecule has 0 saturated carbocycles. The summed E-state index contributed by atoms with van der Waals surface area (Å²) >= 11 is 0. The molecule has 0 spiro atoms. The van der Waals surface area contributed by atoms with E-state index in [0.717, 1.165) is 47.9 Å². The highest BCUT2D eigenvalue weighted by atomic mass is 16.5. The summed E-state index contributed by atoms with van der Waals surface area (Å²) in [5.41, 5.74) is 4.28. The van der Waals surface area contributed by atoms with E-state index in [2.05, 4.69) is 23.9 Å². The van der Waals surface area contributed by atoms with Crippen LogP contribution >= 0.6 is 0 Å². The van der Waals surface area contributed by atoms with E-state index >= 15 is 0 Å². The molecule has 4 heteroatoms. The van der Waals surface area contributed by atoms with E-state index in [4.69, 9.17) is 11.3 Å². The molecule has 0 saturated heterocycles. The van der Waals surface area contributed by atoms with Crippen molar-refractivity contribution in [1.82, 2.24) is 0 Å². The van der Waals surface area contributed by atoms with Crippen molar-refractivity contribution in [3.63, 3.8) is 0 Å². The van der Waals surface area contributed by atoms with Crippen molar-refractivity contribution in [2.24, 2.45) is 0 Å². The van der Waals surface area contributed by atoms with Gasteiger partial charge >= 0.3 is 5.97 Å². The molecule has 0 fully saturated rings. The Kier molecular flexibility index (Phi) is 11.7. The molecule has 4 nitrogen and oxygen atoms in total. The highest BCUT2D eigenvalue weighted by molar-refractivity contribution is 6.10. The van der Waals surface area contributed by atoms with E-state index < -0.39 is 0 Å². The SMILES string of the molecule is [C-]#[N+]/C(C#N)=C1\c2ccccc2-c2c(C(=O)OCCCCCC/C=C/CCCCCCCC)cccc21. The summed E-state index contributed by atoms with van der Waals surface area (Å²) in [5, 5.41) is 9.50. The van der Waals surface area contributed by atoms with Gasteiger partial charge in [-0.15, -0.1) is 0 Å². The molecule has 1 aliphatic rings. The lowest BCUT2D eigenvalue weighted by Crippen LogP contribution is -2.08. The van der Waals surface area contributed by atoms with E-state index in [1.807, 2.05) is 36.4 Å². The fraction of sp³-hybridized carbons (Fsp3) is 0.424. The van der Waals surface area contributed by atoms with Crippen molar-refractivity contribution < 1.29 is 9.53 Å². The average Bonchev–Trinajstić information content (AvgIpc) is 3.26. The molecule has 0 heterocycles. The predicted octanol–water partition coefficient (Wildman–Crippen LogP) is 9.28. The smallest absolute Gasteiger partial charge is 0.338 e. The number of ether oxygens (including phenoxy) is 1. The number of nitrogens with zero attached hydrogens (tertiary/aromatic N) is 2. The first kappa shape index (κ1) is 27.9. The third kappa shape index (κ3) is 7.68. The summed E-state index contributed by atoms with van der Waals surface area (Å²) < 4.78 is 5.63. The first-order valence-corrected chi connectivity index (χ1v) is 13.8. The van der Waals surface area contributed by atoms with Gasteiger partial charge in [-0.1, -0.05) is 100 Å². The Balaban J connectivity index is 1.43. The normalized spacial score (nSPS) is 13.1. The highest BCUT2D eigenvalue weighted by Crippen LogP contribution is 2.47. The number of carbonyl (C=O) groups is 1. The topological polar surface area (TPSA) is 54.5 Å². The van der Waals surface area contributed by atoms with E-state index in [1.165, 1.54) is 51.4 Å². The zero-order valence-electron chi connectivity index (χ0n) is 22.1. The Morgan fingerprint density at radius 1 is 0.865 bits per heavy atom. The molecule has 1 aliphatic carbocycles. The number of carbonyl (C=O) groups excluding carboxylic acids is 1. The third-order valence-electron chi connectivity index (χ3n) is 6.86. The maximum absolute atomic E-state index is 13.0. The summed E-state index contributed by atoms with van der Waals surface area (Å²) in [7, 11) is 0. The van der Waals surface area contributed by atoms with Gasteiger partial charge in [-0.2, -0.15) is 0 Å². The minimum atomic E-state index is -0.355. The van der Waals surface area contributed by atoms with Gasteiger partial charge in [0.25, 0.3) is 5.70 Å². The Morgan fingerprint density at radius 2 is 1.49 bits per heavy atom. The van der Waals surface area contributed by atoms with Gasteiger partial charge in [-0.05, 0) is 54.9 Å². The van der Waals surface area contributed by atoms with E-state index in [1.54, 1.807) is 12.1 Å². The van der Waals surface area contributed by atoms with Gasteiger partial charge in [0, 0.05) is 11.1 Å². The van der Waals surface area contributed by atoms with Crippen LogP contribution in [0.3, 0.4) is 0 Å². The quantitative estimate of drug-likeness (QED) is 0.0695. The standard InChI is InChI=1S/C33H38N2O2/c1-3-4-5-6-7-8-9-10-11-12-13-14-15-18-24-37-33(36)29-23-19-22-28-31(29)26-20-16-17-21-27(26)32(28)30(25-34)35-2/h10-11,16-17,19-23H,3-9,12-15,18,24H2,1H3/b11-10+,32-30+. The summed E-state index contributed by atoms with van der Waals surface area (Å²) in [6.45, 7) is 10.1. The maximum atomic E-state index is 13.0. The lowest BCUT2D eigenvalue weighted by Gasteiger charge is -2.10. The molecule has 192 valence electrons. The zero-order chi connectivity index (χ0) is 26.3. The fourth-order valence-corrected chi connectivity index (χ4v) is 4.92. The summed E-state index contributed by atoms with van der Waals surface area (Å²) in [5.74, 6) is -0.355. The van der Waals surface area contributed by atoms with Crippen LogP contribution in [0, 0.1) is 17.9 Å². The van der Waals surface area contributed by atoms with Crippen LogP contribution in [0.2, 0.25) is 0 Å². The van der Waals surface area contributed by atoms with Gasteiger partial charge in [0.05, 0.1) is 24.8 Å². The number of unbranched alkanes of at least 4 members (excludes halogenated alkanes) is 10. The van der Waals surface area contributed by atoms with Crippen LogP contribution in [0.15, 0.2) is 60.3 Å². The number of nitriles is 1. The Labute approximate surface area is 222 Å². The first-order valence-electron chi connectivity index (χ1n) is 13.8. The van der Waals surface area contributed by atoms with Crippen molar-refractivity contribution in [3.05, 3.63) is 88.4 Å². The van der Waals surface area contributed by atoms with E-state index in [0.29, 0.717) is 17.7 Å². The molecule has 0 bridgehead atoms. The third-order valence-corrected chi connectivity index (χ3v) is 6.86. The van der Waals surface area contributed by atoms with Gasteiger partial charge in [0.15, 0.2) is 0 Å². The largest absolute Gasteiger partial charge is 0.462 e. The Bertz CT molecular complexity index is 1180. The van der Waals surface area contributed by atoms with Crippen LogP contribution in [0.25, 0.3) is 21.5 Å². The van der Waals surface area contributed by atoms with Crippen LogP contribution in [-0.4, -0.2) is 12.6 Å². The number of benzene rings is 2. The van der Waals surface area contributed by atoms with Gasteiger partial charge in [-0.3, -0.25) is 0 Å². The highest BCUT2D eigenvalue weighted by Gasteiger charge is 2.30. The first-order chi connectivity index (χ1) is 18.2. The van der Waals surface area contributed by atoms with Gasteiger partial charge in [-0.25, -0.2) is 14.9 Å². The van der Waals surface area contributed by atoms with Crippen LogP contribution in [0.5, 0.6) is 0 Å². The average molecular weight is 495 g/mol. The molecule has 3 rings (SSSR count). The summed E-state index contributed by atoms with van der Waals surface area (Å²) in [6, 6.07) is 15.0. The molecule has 0 aliphatic heterocycles. The van der Waals surface area contributed by atoms with Crippen molar-refractivity contribution in [2.75, 3.05) is 6.61 Å². The van der Waals surface area contributed by atoms with Crippen molar-refractivity contribution in [1.29, 1.82) is 5.26 Å². The second-order valence-corrected chi connectivity index (χ2v) is 9.59. The molecule has 0 radical (unpaired) electrons. The molecular weight excluding hydrogens is 456 g/mol. The van der Waals surface area contributed by atoms with Gasteiger partial charge < -0.3 is 4.74 Å². The van der Waals surface area contributed by atoms with E-state index in [-0.39, 0.29) is 11.7 Å². The second-order valence-electron chi connectivity index (χ2n) is 9.59. The summed E-state index contributed by atoms with van der Waals surface area (Å²) in [4.78, 5) is 16.4. The molecule has 0 unspecified atom stereocenters. The van der Waals surface area contributed by atoms with Gasteiger partial charge in [0.1, 0.15) is 0 Å². The fourth-order valence-electron chi connectivity index (χ4n) is 4.92. The van der Waals surface area contributed by atoms with Crippen LogP contribution in [0.4, 0.5) is 0 Å². The molecule has 0 aromatic heterocycles. The molecule has 37 heavy (non-hydrogen) atoms. The van der Waals surface area contributed by atoms with E-state index in [9.17, 15) is 10.1 Å². The van der Waals surface area contributed by atoms with Crippen LogP contribution in [-0.2, 0) is 4.74 Å². The molecule has 0 atom stereocenters. The number of fused-ring (bicyclic) bond motifs is 3. The van der Waals surface area contributed by atoms with Crippen molar-refractivity contribution in [2.45, 2.75) is 84.0 Å². The number of hydrogen-bond donors (Lipinski definition) is 0. The van der Waals surface area contributed by atoms with Crippen LogP contribution < -0.4 is 0 Å². The lowest BCUT2D eigenvalue weighted by atomic mass is 9.99. The molecular formula is C33H38N2O2. The number of allylic oxidation sites excluding steroid dienone is 3. The monoisotopic (exact) mass is 494 g/mol. The predicted molar refractivity (Wildman–Crippen MR) is 151 cm³/mol. The molecule has 0 N–H and O–H groups in total. The van der Waals surface area contributed by atoms with Gasteiger partial charge in [0.2, 0.25) is 0 Å². The van der Waals surface area contributed by atoms with Crippen molar-refractivity contribution in [3.8, 4) is 17.2 Å². The minimum absolute atomic E-state index is 0.0361. The minimum Gasteiger partial charge on any atom is -0.462 e. The second kappa shape index (κ2) is 15.5. The number of rotatable bonds is 15. The maximum Gasteiger partial charge on any atom is 0.338 e. The zero-order valence-corrected chi connectivity index (χ0v) is 22.1. The summed E-state index contributed by atoms with van der Waals surface area (Å²) in [6.07, 6.45) is 19.2. The van der Waals surface area contributed by atoms with Crippen LogP contribution in [0.1, 0.15) is 105 Å². The Morgan fingerprint density at radius 3 is 2.16 bits per heavy atom. The van der Waals surface area contributed by atoms with Crippen molar-refractivity contribution >= 4 is 11.5 Å². The Hall–Kier alpha value is -3.63.